The fourth-order valence-electron chi connectivity index (χ4n) is 1.54. The normalized spacial score (nSPS) is 10.4. The zero-order valence-electron chi connectivity index (χ0n) is 9.35. The first kappa shape index (κ1) is 12.5. The second-order valence-electron chi connectivity index (χ2n) is 3.65. The van der Waals surface area contributed by atoms with Gasteiger partial charge in [-0.2, -0.15) is 0 Å². The standard InChI is InChI=1S/C12H18BrNO/c1-9-11(13)7-10(5-3-4-6-14)8-12(9)15-2/h7-8H,3-6,14H2,1-2H3. The van der Waals surface area contributed by atoms with Crippen molar-refractivity contribution < 1.29 is 4.74 Å². The maximum atomic E-state index is 5.47. The number of unbranched alkanes of at least 4 members (excludes halogenated alkanes) is 1. The summed E-state index contributed by atoms with van der Waals surface area (Å²) in [7, 11) is 1.71. The predicted molar refractivity (Wildman–Crippen MR) is 67.4 cm³/mol. The van der Waals surface area contributed by atoms with Crippen LogP contribution in [0.4, 0.5) is 0 Å². The van der Waals surface area contributed by atoms with Crippen LogP contribution in [-0.4, -0.2) is 13.7 Å². The highest BCUT2D eigenvalue weighted by atomic mass is 79.9. The van der Waals surface area contributed by atoms with Crippen LogP contribution in [0.3, 0.4) is 0 Å². The minimum absolute atomic E-state index is 0.768. The maximum absolute atomic E-state index is 5.47. The van der Waals surface area contributed by atoms with Crippen LogP contribution in [0.2, 0.25) is 0 Å². The molecule has 0 saturated heterocycles. The van der Waals surface area contributed by atoms with Crippen molar-refractivity contribution in [2.75, 3.05) is 13.7 Å². The summed E-state index contributed by atoms with van der Waals surface area (Å²) >= 11 is 3.54. The molecular formula is C12H18BrNO. The van der Waals surface area contributed by atoms with Gasteiger partial charge in [-0.3, -0.25) is 0 Å². The van der Waals surface area contributed by atoms with E-state index in [9.17, 15) is 0 Å². The number of benzene rings is 1. The van der Waals surface area contributed by atoms with E-state index in [-0.39, 0.29) is 0 Å². The number of rotatable bonds is 5. The molecule has 3 heteroatoms. The van der Waals surface area contributed by atoms with Gasteiger partial charge in [0.1, 0.15) is 5.75 Å². The number of hydrogen-bond acceptors (Lipinski definition) is 2. The summed E-state index contributed by atoms with van der Waals surface area (Å²) in [6, 6.07) is 4.27. The third-order valence-electron chi connectivity index (χ3n) is 2.50. The molecule has 1 aromatic rings. The molecule has 0 amide bonds. The molecule has 84 valence electrons. The molecule has 0 aliphatic heterocycles. The van der Waals surface area contributed by atoms with Crippen LogP contribution in [-0.2, 0) is 6.42 Å². The third-order valence-corrected chi connectivity index (χ3v) is 3.32. The fraction of sp³-hybridized carbons (Fsp3) is 0.500. The van der Waals surface area contributed by atoms with Crippen LogP contribution in [0.25, 0.3) is 0 Å². The van der Waals surface area contributed by atoms with Crippen molar-refractivity contribution in [2.45, 2.75) is 26.2 Å². The van der Waals surface area contributed by atoms with E-state index in [2.05, 4.69) is 28.1 Å². The van der Waals surface area contributed by atoms with Crippen molar-refractivity contribution in [2.24, 2.45) is 5.73 Å². The molecule has 0 aromatic heterocycles. The Bertz CT molecular complexity index is 326. The van der Waals surface area contributed by atoms with Crippen molar-refractivity contribution in [3.63, 3.8) is 0 Å². The number of hydrogen-bond donors (Lipinski definition) is 1. The number of methoxy groups -OCH3 is 1. The Morgan fingerprint density at radius 1 is 1.33 bits per heavy atom. The summed E-state index contributed by atoms with van der Waals surface area (Å²) in [6.45, 7) is 2.82. The van der Waals surface area contributed by atoms with E-state index in [1.54, 1.807) is 7.11 Å². The highest BCUT2D eigenvalue weighted by molar-refractivity contribution is 9.10. The van der Waals surface area contributed by atoms with Gasteiger partial charge in [-0.1, -0.05) is 15.9 Å². The van der Waals surface area contributed by atoms with E-state index in [1.807, 2.05) is 6.92 Å². The van der Waals surface area contributed by atoms with E-state index >= 15 is 0 Å². The van der Waals surface area contributed by atoms with Gasteiger partial charge in [0, 0.05) is 10.0 Å². The maximum Gasteiger partial charge on any atom is 0.123 e. The quantitative estimate of drug-likeness (QED) is 0.836. The van der Waals surface area contributed by atoms with Gasteiger partial charge in [0.2, 0.25) is 0 Å². The smallest absolute Gasteiger partial charge is 0.123 e. The first-order valence-corrected chi connectivity index (χ1v) is 6.01. The van der Waals surface area contributed by atoms with Gasteiger partial charge in [-0.05, 0) is 50.4 Å². The lowest BCUT2D eigenvalue weighted by atomic mass is 10.1. The molecule has 15 heavy (non-hydrogen) atoms. The Kier molecular flexibility index (Phi) is 5.12. The zero-order valence-corrected chi connectivity index (χ0v) is 10.9. The monoisotopic (exact) mass is 271 g/mol. The van der Waals surface area contributed by atoms with Gasteiger partial charge in [-0.15, -0.1) is 0 Å². The summed E-state index contributed by atoms with van der Waals surface area (Å²) in [5.74, 6) is 0.951. The van der Waals surface area contributed by atoms with Crippen molar-refractivity contribution >= 4 is 15.9 Å². The molecule has 2 nitrogen and oxygen atoms in total. The Balaban J connectivity index is 2.77. The van der Waals surface area contributed by atoms with Crippen molar-refractivity contribution in [1.29, 1.82) is 0 Å². The van der Waals surface area contributed by atoms with Crippen LogP contribution in [0, 0.1) is 6.92 Å². The molecule has 0 saturated carbocycles. The molecule has 1 aromatic carbocycles. The number of halogens is 1. The van der Waals surface area contributed by atoms with Crippen LogP contribution < -0.4 is 10.5 Å². The Morgan fingerprint density at radius 2 is 2.07 bits per heavy atom. The summed E-state index contributed by atoms with van der Waals surface area (Å²) in [5.41, 5.74) is 7.93. The second kappa shape index (κ2) is 6.13. The lowest BCUT2D eigenvalue weighted by Gasteiger charge is -2.09. The van der Waals surface area contributed by atoms with Gasteiger partial charge in [0.15, 0.2) is 0 Å². The number of ether oxygens (including phenoxy) is 1. The average molecular weight is 272 g/mol. The molecule has 0 heterocycles. The molecule has 0 radical (unpaired) electrons. The van der Waals surface area contributed by atoms with E-state index in [1.165, 1.54) is 5.56 Å². The Hall–Kier alpha value is -0.540. The first-order chi connectivity index (χ1) is 7.19. The first-order valence-electron chi connectivity index (χ1n) is 5.22. The molecule has 0 bridgehead atoms. The minimum atomic E-state index is 0.768. The van der Waals surface area contributed by atoms with Gasteiger partial charge < -0.3 is 10.5 Å². The van der Waals surface area contributed by atoms with E-state index in [4.69, 9.17) is 10.5 Å². The van der Waals surface area contributed by atoms with Crippen molar-refractivity contribution in [3.8, 4) is 5.75 Å². The predicted octanol–water partition coefficient (Wildman–Crippen LogP) is 3.05. The molecule has 0 aliphatic rings. The summed E-state index contributed by atoms with van der Waals surface area (Å²) in [4.78, 5) is 0. The Labute approximate surface area is 99.9 Å². The Morgan fingerprint density at radius 3 is 2.67 bits per heavy atom. The highest BCUT2D eigenvalue weighted by Gasteiger charge is 2.05. The molecule has 0 unspecified atom stereocenters. The van der Waals surface area contributed by atoms with Crippen molar-refractivity contribution in [1.82, 2.24) is 0 Å². The lowest BCUT2D eigenvalue weighted by molar-refractivity contribution is 0.410. The molecule has 0 fully saturated rings. The topological polar surface area (TPSA) is 35.2 Å². The largest absolute Gasteiger partial charge is 0.496 e. The highest BCUT2D eigenvalue weighted by Crippen LogP contribution is 2.28. The molecule has 0 spiro atoms. The van der Waals surface area contributed by atoms with Gasteiger partial charge >= 0.3 is 0 Å². The van der Waals surface area contributed by atoms with Gasteiger partial charge in [0.05, 0.1) is 7.11 Å². The number of nitrogens with two attached hydrogens (primary N) is 1. The summed E-state index contributed by atoms with van der Waals surface area (Å²) in [5, 5.41) is 0. The van der Waals surface area contributed by atoms with Crippen LogP contribution in [0.1, 0.15) is 24.0 Å². The van der Waals surface area contributed by atoms with Crippen molar-refractivity contribution in [3.05, 3.63) is 27.7 Å². The van der Waals surface area contributed by atoms with Crippen LogP contribution in [0.15, 0.2) is 16.6 Å². The van der Waals surface area contributed by atoms with E-state index in [0.717, 1.165) is 41.6 Å². The van der Waals surface area contributed by atoms with E-state index in [0.29, 0.717) is 0 Å². The van der Waals surface area contributed by atoms with Crippen LogP contribution in [0.5, 0.6) is 5.75 Å². The summed E-state index contributed by atoms with van der Waals surface area (Å²) in [6.07, 6.45) is 3.27. The molecule has 0 aliphatic carbocycles. The molecule has 0 atom stereocenters. The fourth-order valence-corrected chi connectivity index (χ4v) is 2.03. The zero-order chi connectivity index (χ0) is 11.3. The third kappa shape index (κ3) is 3.50. The summed E-state index contributed by atoms with van der Waals surface area (Å²) < 4.78 is 6.43. The minimum Gasteiger partial charge on any atom is -0.496 e. The van der Waals surface area contributed by atoms with E-state index < -0.39 is 0 Å². The lowest BCUT2D eigenvalue weighted by Crippen LogP contribution is -1.99. The van der Waals surface area contributed by atoms with Crippen LogP contribution >= 0.6 is 15.9 Å². The SMILES string of the molecule is COc1cc(CCCCN)cc(Br)c1C. The molecular weight excluding hydrogens is 254 g/mol. The van der Waals surface area contributed by atoms with Gasteiger partial charge in [-0.25, -0.2) is 0 Å². The average Bonchev–Trinajstić information content (AvgIpc) is 2.23. The molecule has 1 rings (SSSR count). The number of aryl methyl sites for hydroxylation is 1. The second-order valence-corrected chi connectivity index (χ2v) is 4.51. The molecule has 2 N–H and O–H groups in total. The van der Waals surface area contributed by atoms with Gasteiger partial charge in [0.25, 0.3) is 0 Å².